The van der Waals surface area contributed by atoms with Crippen LogP contribution in [0.4, 0.5) is 0 Å². The maximum atomic E-state index is 9.83. The van der Waals surface area contributed by atoms with Crippen LogP contribution in [0.15, 0.2) is 0 Å². The van der Waals surface area contributed by atoms with Crippen molar-refractivity contribution < 1.29 is 49.9 Å². The van der Waals surface area contributed by atoms with Gasteiger partial charge in [0.1, 0.15) is 25.9 Å². The van der Waals surface area contributed by atoms with Crippen molar-refractivity contribution in [3.63, 3.8) is 0 Å². The van der Waals surface area contributed by atoms with Crippen molar-refractivity contribution >= 4 is 0 Å². The number of aliphatic hydroxyl groups is 2. The van der Waals surface area contributed by atoms with Gasteiger partial charge in [0.2, 0.25) is 0 Å². The minimum absolute atomic E-state index is 0.483. The van der Waals surface area contributed by atoms with Crippen LogP contribution in [0.25, 0.3) is 0 Å². The first-order chi connectivity index (χ1) is 11.1. The molecule has 1 unspecified atom stereocenters. The number of rotatable bonds is 12. The molecule has 0 bridgehead atoms. The normalized spacial score (nSPS) is 10.6. The van der Waals surface area contributed by atoms with Crippen molar-refractivity contribution in [1.29, 1.82) is 0 Å². The highest BCUT2D eigenvalue weighted by Crippen LogP contribution is 1.96. The Balaban J connectivity index is 0. The molecule has 0 rings (SSSR count). The molecule has 24 heavy (non-hydrogen) atoms. The smallest absolute Gasteiger partial charge is 0.294 e. The maximum Gasteiger partial charge on any atom is 0.294 e. The molecule has 0 aromatic heterocycles. The summed E-state index contributed by atoms with van der Waals surface area (Å²) >= 11 is 0. The third-order valence-corrected chi connectivity index (χ3v) is 1.55. The Morgan fingerprint density at radius 3 is 1.42 bits per heavy atom. The fourth-order valence-corrected chi connectivity index (χ4v) is 0.718. The Labute approximate surface area is 130 Å². The second-order valence-corrected chi connectivity index (χ2v) is 3.35. The quantitative estimate of drug-likeness (QED) is 0.269. The highest BCUT2D eigenvalue weighted by molar-refractivity contribution is 4.49. The molecule has 140 valence electrons. The van der Waals surface area contributed by atoms with E-state index in [9.17, 15) is 40.5 Å². The van der Waals surface area contributed by atoms with Crippen LogP contribution in [0.3, 0.4) is 0 Å². The SMILES string of the molecule is O=[N+]([O-])OCC(CO[N+](=O)[O-])O[N+](=O)[O-].O=[N+]([O-])OCC(O)CO. The molecule has 0 saturated heterocycles. The molecule has 0 aliphatic heterocycles. The molecule has 0 aromatic rings. The predicted octanol–water partition coefficient (Wildman–Crippen LogP) is -2.47. The standard InChI is InChI=1S/C3H5N3O9.C3H7NO5/c7-4(8)13-1-3(15-6(11)12)2-14-5(9)10;5-1-3(6)2-9-4(7)8/h3H,1-2H2;3,5-6H,1-2H2. The fourth-order valence-electron chi connectivity index (χ4n) is 0.718. The Hall–Kier alpha value is -3.28. The van der Waals surface area contributed by atoms with Crippen LogP contribution in [-0.4, -0.2) is 69.2 Å². The van der Waals surface area contributed by atoms with E-state index < -0.39 is 59.0 Å². The fraction of sp³-hybridized carbons (Fsp3) is 1.00. The van der Waals surface area contributed by atoms with E-state index in [4.69, 9.17) is 10.2 Å². The summed E-state index contributed by atoms with van der Waals surface area (Å²) < 4.78 is 0. The Kier molecular flexibility index (Phi) is 12.8. The largest absolute Gasteiger partial charge is 0.394 e. The summed E-state index contributed by atoms with van der Waals surface area (Å²) in [6.07, 6.45) is -2.72. The van der Waals surface area contributed by atoms with Crippen molar-refractivity contribution in [3.05, 3.63) is 40.5 Å². The van der Waals surface area contributed by atoms with Crippen LogP contribution in [0.1, 0.15) is 0 Å². The monoisotopic (exact) mass is 364 g/mol. The van der Waals surface area contributed by atoms with Crippen LogP contribution in [0, 0.1) is 40.5 Å². The summed E-state index contributed by atoms with van der Waals surface area (Å²) in [7, 11) is 0. The van der Waals surface area contributed by atoms with Gasteiger partial charge >= 0.3 is 0 Å². The molecule has 0 aromatic carbocycles. The van der Waals surface area contributed by atoms with Gasteiger partial charge in [-0.3, -0.25) is 0 Å². The molecule has 2 N–H and O–H groups in total. The Morgan fingerprint density at radius 1 is 0.750 bits per heavy atom. The second-order valence-electron chi connectivity index (χ2n) is 3.35. The minimum atomic E-state index is -1.55. The maximum absolute atomic E-state index is 9.83. The first-order valence-electron chi connectivity index (χ1n) is 5.50. The van der Waals surface area contributed by atoms with Gasteiger partial charge in [-0.15, -0.1) is 40.5 Å². The first kappa shape index (κ1) is 23.0. The molecular formula is C6H12N4O14. The van der Waals surface area contributed by atoms with E-state index in [1.165, 1.54) is 0 Å². The highest BCUT2D eigenvalue weighted by Gasteiger charge is 2.17. The number of hydrogen-bond donors (Lipinski definition) is 2. The van der Waals surface area contributed by atoms with Gasteiger partial charge < -0.3 is 29.6 Å². The van der Waals surface area contributed by atoms with Gasteiger partial charge in [-0.1, -0.05) is 0 Å². The minimum Gasteiger partial charge on any atom is -0.394 e. The van der Waals surface area contributed by atoms with E-state index in [0.717, 1.165) is 0 Å². The van der Waals surface area contributed by atoms with Crippen LogP contribution >= 0.6 is 0 Å². The summed E-state index contributed by atoms with van der Waals surface area (Å²) in [6, 6.07) is 0. The lowest BCUT2D eigenvalue weighted by Gasteiger charge is -2.11. The predicted molar refractivity (Wildman–Crippen MR) is 63.8 cm³/mol. The molecule has 0 amide bonds. The van der Waals surface area contributed by atoms with Gasteiger partial charge in [0.05, 0.1) is 6.61 Å². The van der Waals surface area contributed by atoms with Crippen molar-refractivity contribution in [3.8, 4) is 0 Å². The lowest BCUT2D eigenvalue weighted by molar-refractivity contribution is -0.803. The molecule has 0 radical (unpaired) electrons. The third-order valence-electron chi connectivity index (χ3n) is 1.55. The molecule has 0 aliphatic rings. The van der Waals surface area contributed by atoms with E-state index in [0.29, 0.717) is 0 Å². The molecular weight excluding hydrogens is 352 g/mol. The van der Waals surface area contributed by atoms with Gasteiger partial charge in [0, 0.05) is 0 Å². The summed E-state index contributed by atoms with van der Waals surface area (Å²) in [5.41, 5.74) is 0. The number of hydrogen-bond acceptors (Lipinski definition) is 14. The summed E-state index contributed by atoms with van der Waals surface area (Å²) in [5, 5.41) is 50.5. The molecule has 18 heteroatoms. The Morgan fingerprint density at radius 2 is 1.12 bits per heavy atom. The molecule has 1 atom stereocenters. The van der Waals surface area contributed by atoms with Crippen LogP contribution in [0.2, 0.25) is 0 Å². The zero-order valence-electron chi connectivity index (χ0n) is 11.6. The lowest BCUT2D eigenvalue weighted by atomic mass is 10.4. The highest BCUT2D eigenvalue weighted by atomic mass is 17.0. The van der Waals surface area contributed by atoms with E-state index in [-0.39, 0.29) is 0 Å². The summed E-state index contributed by atoms with van der Waals surface area (Å²) in [4.78, 5) is 53.6. The van der Waals surface area contributed by atoms with E-state index >= 15 is 0 Å². The average molecular weight is 364 g/mol. The lowest BCUT2D eigenvalue weighted by Crippen LogP contribution is -2.30. The summed E-state index contributed by atoms with van der Waals surface area (Å²) in [6.45, 7) is -2.71. The molecule has 0 saturated carbocycles. The molecule has 18 nitrogen and oxygen atoms in total. The van der Waals surface area contributed by atoms with Crippen molar-refractivity contribution in [2.24, 2.45) is 0 Å². The van der Waals surface area contributed by atoms with Crippen LogP contribution < -0.4 is 0 Å². The summed E-state index contributed by atoms with van der Waals surface area (Å²) in [5.74, 6) is 0. The van der Waals surface area contributed by atoms with Crippen molar-refractivity contribution in [2.75, 3.05) is 26.4 Å². The van der Waals surface area contributed by atoms with Gasteiger partial charge in [-0.05, 0) is 0 Å². The van der Waals surface area contributed by atoms with E-state index in [2.05, 4.69) is 19.4 Å². The average Bonchev–Trinajstić information content (AvgIpc) is 2.47. The van der Waals surface area contributed by atoms with Crippen LogP contribution in [-0.2, 0) is 19.4 Å². The zero-order valence-corrected chi connectivity index (χ0v) is 11.6. The van der Waals surface area contributed by atoms with E-state index in [1.54, 1.807) is 0 Å². The van der Waals surface area contributed by atoms with Gasteiger partial charge in [0.15, 0.2) is 6.10 Å². The van der Waals surface area contributed by atoms with Crippen LogP contribution in [0.5, 0.6) is 0 Å². The molecule has 0 aliphatic carbocycles. The molecule has 0 heterocycles. The van der Waals surface area contributed by atoms with Gasteiger partial charge in [-0.25, -0.2) is 0 Å². The topological polar surface area (TPSA) is 250 Å². The van der Waals surface area contributed by atoms with Gasteiger partial charge in [-0.2, -0.15) is 0 Å². The van der Waals surface area contributed by atoms with Crippen molar-refractivity contribution in [1.82, 2.24) is 0 Å². The zero-order chi connectivity index (χ0) is 19.1. The second kappa shape index (κ2) is 13.4. The van der Waals surface area contributed by atoms with E-state index in [1.807, 2.05) is 0 Å². The van der Waals surface area contributed by atoms with Gasteiger partial charge in [0.25, 0.3) is 20.3 Å². The Bertz CT molecular complexity index is 398. The first-order valence-corrected chi connectivity index (χ1v) is 5.50. The van der Waals surface area contributed by atoms with Crippen molar-refractivity contribution in [2.45, 2.75) is 12.2 Å². The molecule has 0 spiro atoms. The third kappa shape index (κ3) is 18.7. The number of nitrogens with zero attached hydrogens (tertiary/aromatic N) is 4. The molecule has 0 fully saturated rings. The number of aliphatic hydroxyl groups excluding tert-OH is 2.